The quantitative estimate of drug-likeness (QED) is 0.800. The van der Waals surface area contributed by atoms with E-state index in [1.165, 1.54) is 0 Å². The maximum Gasteiger partial charge on any atom is 0.240 e. The minimum absolute atomic E-state index is 0.188. The van der Waals surface area contributed by atoms with Crippen molar-refractivity contribution >= 4 is 5.78 Å². The van der Waals surface area contributed by atoms with Crippen LogP contribution in [-0.2, 0) is 4.79 Å². The summed E-state index contributed by atoms with van der Waals surface area (Å²) in [6, 6.07) is 1.73. The Hall–Kier alpha value is -2.11. The van der Waals surface area contributed by atoms with E-state index in [1.807, 2.05) is 0 Å². The topological polar surface area (TPSA) is 81.8 Å². The molecule has 0 amide bonds. The molecule has 6 heteroatoms. The zero-order valence-corrected chi connectivity index (χ0v) is 9.74. The van der Waals surface area contributed by atoms with Crippen molar-refractivity contribution in [2.75, 3.05) is 0 Å². The van der Waals surface area contributed by atoms with Crippen LogP contribution in [0.15, 0.2) is 23.0 Å². The van der Waals surface area contributed by atoms with Crippen molar-refractivity contribution in [3.63, 3.8) is 0 Å². The first kappa shape index (κ1) is 11.0. The number of aromatic nitrogens is 4. The summed E-state index contributed by atoms with van der Waals surface area (Å²) in [4.78, 5) is 23.6. The van der Waals surface area contributed by atoms with Crippen LogP contribution in [0, 0.1) is 0 Å². The maximum atomic E-state index is 11.2. The van der Waals surface area contributed by atoms with Crippen LogP contribution in [0.25, 0.3) is 11.6 Å². The number of ketones is 1. The van der Waals surface area contributed by atoms with Crippen molar-refractivity contribution in [1.29, 1.82) is 0 Å². The molecule has 1 saturated carbocycles. The smallest absolute Gasteiger partial charge is 0.240 e. The maximum absolute atomic E-state index is 11.2. The van der Waals surface area contributed by atoms with Crippen molar-refractivity contribution in [3.8, 4) is 11.6 Å². The molecule has 0 aliphatic heterocycles. The fourth-order valence-corrected chi connectivity index (χ4v) is 2.09. The first-order valence-corrected chi connectivity index (χ1v) is 5.95. The zero-order chi connectivity index (χ0) is 12.4. The Labute approximate surface area is 103 Å². The molecule has 0 bridgehead atoms. The number of carbonyl (C=O) groups excluding carboxylic acids is 1. The second-order valence-corrected chi connectivity index (χ2v) is 4.34. The molecule has 2 aromatic heterocycles. The van der Waals surface area contributed by atoms with Crippen LogP contribution in [0.3, 0.4) is 0 Å². The number of carbonyl (C=O) groups is 1. The van der Waals surface area contributed by atoms with E-state index in [0.29, 0.717) is 36.2 Å². The molecule has 3 rings (SSSR count). The van der Waals surface area contributed by atoms with Crippen LogP contribution in [0.2, 0.25) is 0 Å². The Morgan fingerprint density at radius 2 is 1.83 bits per heavy atom. The summed E-state index contributed by atoms with van der Waals surface area (Å²) in [6.07, 6.45) is 6.05. The molecule has 6 nitrogen and oxygen atoms in total. The van der Waals surface area contributed by atoms with Gasteiger partial charge in [0, 0.05) is 31.2 Å². The molecule has 2 heterocycles. The van der Waals surface area contributed by atoms with E-state index >= 15 is 0 Å². The molecule has 0 unspecified atom stereocenters. The lowest BCUT2D eigenvalue weighted by Crippen LogP contribution is -2.12. The molecule has 1 aliphatic carbocycles. The molecule has 0 saturated heterocycles. The number of hydrogen-bond acceptors (Lipinski definition) is 6. The number of hydrogen-bond donors (Lipinski definition) is 0. The third-order valence-corrected chi connectivity index (χ3v) is 3.10. The van der Waals surface area contributed by atoms with Gasteiger partial charge in [0.1, 0.15) is 5.78 Å². The van der Waals surface area contributed by atoms with Crippen LogP contribution in [0.4, 0.5) is 0 Å². The molecule has 92 valence electrons. The van der Waals surface area contributed by atoms with Crippen molar-refractivity contribution < 1.29 is 9.32 Å². The van der Waals surface area contributed by atoms with Crippen LogP contribution >= 0.6 is 0 Å². The van der Waals surface area contributed by atoms with Crippen molar-refractivity contribution in [3.05, 3.63) is 24.4 Å². The third-order valence-electron chi connectivity index (χ3n) is 3.10. The first-order valence-electron chi connectivity index (χ1n) is 5.95. The fourth-order valence-electron chi connectivity index (χ4n) is 2.09. The van der Waals surface area contributed by atoms with E-state index in [9.17, 15) is 4.79 Å². The molecule has 1 fully saturated rings. The van der Waals surface area contributed by atoms with Gasteiger partial charge >= 0.3 is 0 Å². The highest BCUT2D eigenvalue weighted by Gasteiger charge is 2.25. The standard InChI is InChI=1S/C12H12N4O2/c17-9-4-2-8(3-5-9)12-15-11(16-18-12)10-13-6-1-7-14-10/h1,6-8H,2-5H2. The SMILES string of the molecule is O=C1CCC(c2nc(-c3ncccn3)no2)CC1. The minimum atomic E-state index is 0.188. The Kier molecular flexibility index (Phi) is 2.84. The summed E-state index contributed by atoms with van der Waals surface area (Å²) in [7, 11) is 0. The first-order chi connectivity index (χ1) is 8.83. The van der Waals surface area contributed by atoms with Crippen LogP contribution in [0.1, 0.15) is 37.5 Å². The van der Waals surface area contributed by atoms with Crippen LogP contribution in [0.5, 0.6) is 0 Å². The predicted molar refractivity (Wildman–Crippen MR) is 61.5 cm³/mol. The van der Waals surface area contributed by atoms with Crippen molar-refractivity contribution in [2.24, 2.45) is 0 Å². The fraction of sp³-hybridized carbons (Fsp3) is 0.417. The van der Waals surface area contributed by atoms with Crippen molar-refractivity contribution in [1.82, 2.24) is 20.1 Å². The molecule has 0 N–H and O–H groups in total. The van der Waals surface area contributed by atoms with Gasteiger partial charge in [0.25, 0.3) is 0 Å². The van der Waals surface area contributed by atoms with Gasteiger partial charge in [-0.25, -0.2) is 9.97 Å². The highest BCUT2D eigenvalue weighted by Crippen LogP contribution is 2.30. The minimum Gasteiger partial charge on any atom is -0.339 e. The van der Waals surface area contributed by atoms with E-state index in [-0.39, 0.29) is 5.92 Å². The molecule has 0 spiro atoms. The summed E-state index contributed by atoms with van der Waals surface area (Å²) in [5.41, 5.74) is 0. The van der Waals surface area contributed by atoms with Crippen LogP contribution < -0.4 is 0 Å². The van der Waals surface area contributed by atoms with E-state index < -0.39 is 0 Å². The van der Waals surface area contributed by atoms with Gasteiger partial charge in [0.05, 0.1) is 0 Å². The Balaban J connectivity index is 1.80. The normalized spacial score (nSPS) is 17.0. The summed E-state index contributed by atoms with van der Waals surface area (Å²) >= 11 is 0. The van der Waals surface area contributed by atoms with Gasteiger partial charge in [-0.1, -0.05) is 5.16 Å². The molecule has 0 radical (unpaired) electrons. The van der Waals surface area contributed by atoms with E-state index in [4.69, 9.17) is 4.52 Å². The average molecular weight is 244 g/mol. The molecule has 1 aliphatic rings. The Morgan fingerprint density at radius 1 is 1.11 bits per heavy atom. The number of Topliss-reactive ketones (excluding diaryl/α,β-unsaturated/α-hetero) is 1. The van der Waals surface area contributed by atoms with E-state index in [1.54, 1.807) is 18.5 Å². The van der Waals surface area contributed by atoms with E-state index in [0.717, 1.165) is 12.8 Å². The molecular weight excluding hydrogens is 232 g/mol. The van der Waals surface area contributed by atoms with Gasteiger partial charge in [0.15, 0.2) is 0 Å². The van der Waals surface area contributed by atoms with Gasteiger partial charge in [-0.3, -0.25) is 4.79 Å². The second-order valence-electron chi connectivity index (χ2n) is 4.34. The highest BCUT2D eigenvalue weighted by atomic mass is 16.5. The molecule has 18 heavy (non-hydrogen) atoms. The van der Waals surface area contributed by atoms with Gasteiger partial charge in [0.2, 0.25) is 17.5 Å². The zero-order valence-electron chi connectivity index (χ0n) is 9.74. The van der Waals surface area contributed by atoms with Gasteiger partial charge in [-0.05, 0) is 18.9 Å². The lowest BCUT2D eigenvalue weighted by molar-refractivity contribution is -0.120. The Bertz CT molecular complexity index is 542. The molecule has 2 aromatic rings. The predicted octanol–water partition coefficient (Wildman–Crippen LogP) is 1.75. The molecule has 0 aromatic carbocycles. The second kappa shape index (κ2) is 4.64. The summed E-state index contributed by atoms with van der Waals surface area (Å²) < 4.78 is 5.24. The molecular formula is C12H12N4O2. The summed E-state index contributed by atoms with van der Waals surface area (Å²) in [6.45, 7) is 0. The number of nitrogens with zero attached hydrogens (tertiary/aromatic N) is 4. The lowest BCUT2D eigenvalue weighted by atomic mass is 9.88. The van der Waals surface area contributed by atoms with Gasteiger partial charge in [-0.2, -0.15) is 4.98 Å². The molecule has 0 atom stereocenters. The Morgan fingerprint density at radius 3 is 2.56 bits per heavy atom. The largest absolute Gasteiger partial charge is 0.339 e. The van der Waals surface area contributed by atoms with Gasteiger partial charge < -0.3 is 4.52 Å². The summed E-state index contributed by atoms with van der Waals surface area (Å²) in [5, 5.41) is 3.88. The monoisotopic (exact) mass is 244 g/mol. The highest BCUT2D eigenvalue weighted by molar-refractivity contribution is 5.79. The van der Waals surface area contributed by atoms with Crippen molar-refractivity contribution in [2.45, 2.75) is 31.6 Å². The number of rotatable bonds is 2. The van der Waals surface area contributed by atoms with Crippen LogP contribution in [-0.4, -0.2) is 25.9 Å². The third kappa shape index (κ3) is 2.13. The van der Waals surface area contributed by atoms with E-state index in [2.05, 4.69) is 20.1 Å². The average Bonchev–Trinajstić information content (AvgIpc) is 2.90. The lowest BCUT2D eigenvalue weighted by Gasteiger charge is -2.16. The van der Waals surface area contributed by atoms with Gasteiger partial charge in [-0.15, -0.1) is 0 Å². The summed E-state index contributed by atoms with van der Waals surface area (Å²) in [5.74, 6) is 1.96.